The molecule has 0 unspecified atom stereocenters. The van der Waals surface area contributed by atoms with Crippen molar-refractivity contribution in [3.05, 3.63) is 0 Å². The lowest BCUT2D eigenvalue weighted by Crippen LogP contribution is -2.58. The van der Waals surface area contributed by atoms with Crippen LogP contribution in [0, 0.1) is 5.92 Å². The Hall–Kier alpha value is -3.99. The minimum atomic E-state index is -1.13. The topological polar surface area (TPSA) is 291 Å². The van der Waals surface area contributed by atoms with E-state index >= 15 is 0 Å². The number of amides is 4. The van der Waals surface area contributed by atoms with Crippen LogP contribution < -0.4 is 39.3 Å². The molecule has 0 spiro atoms. The third-order valence-corrected chi connectivity index (χ3v) is 7.18. The monoisotopic (exact) mass is 625 g/mol. The normalized spacial score (nSPS) is 17.1. The Bertz CT molecular complexity index is 1030. The molecule has 0 bridgehead atoms. The average Bonchev–Trinajstić information content (AvgIpc) is 3.46. The highest BCUT2D eigenvalue weighted by atomic mass is 16.3. The summed E-state index contributed by atoms with van der Waals surface area (Å²) in [6.07, 6.45) is 2.89. The van der Waals surface area contributed by atoms with E-state index in [-0.39, 0.29) is 43.1 Å². The molecule has 1 aliphatic heterocycles. The molecule has 0 aliphatic carbocycles. The molecular weight excluding hydrogens is 574 g/mol. The summed E-state index contributed by atoms with van der Waals surface area (Å²) in [6, 6.07) is -4.88. The van der Waals surface area contributed by atoms with Crippen molar-refractivity contribution < 1.29 is 29.1 Å². The number of aldehydes is 1. The van der Waals surface area contributed by atoms with Crippen LogP contribution in [0.15, 0.2) is 9.98 Å². The number of aliphatic hydroxyl groups excluding tert-OH is 1. The van der Waals surface area contributed by atoms with Crippen LogP contribution in [0.2, 0.25) is 0 Å². The van der Waals surface area contributed by atoms with Crippen LogP contribution in [-0.4, -0.2) is 120 Å². The number of likely N-dealkylation sites (tertiary alicyclic amines) is 1. The molecule has 1 heterocycles. The second-order valence-corrected chi connectivity index (χ2v) is 11.3. The van der Waals surface area contributed by atoms with E-state index in [4.69, 9.17) is 28.7 Å². The number of aliphatic imine (C=N–C) groups is 2. The maximum atomic E-state index is 13.8. The van der Waals surface area contributed by atoms with E-state index in [0.717, 1.165) is 0 Å². The highest BCUT2D eigenvalue weighted by Gasteiger charge is 2.39. The number of nitrogens with two attached hydrogens (primary N) is 5. The zero-order valence-corrected chi connectivity index (χ0v) is 26.0. The number of carbonyl (C=O) groups is 5. The molecule has 13 N–H and O–H groups in total. The molecule has 1 rings (SSSR count). The Morgan fingerprint density at radius 2 is 1.61 bits per heavy atom. The third-order valence-electron chi connectivity index (χ3n) is 7.18. The van der Waals surface area contributed by atoms with Crippen LogP contribution in [0.3, 0.4) is 0 Å². The number of aliphatic hydroxyl groups is 1. The number of rotatable bonds is 19. The summed E-state index contributed by atoms with van der Waals surface area (Å²) >= 11 is 0. The van der Waals surface area contributed by atoms with Gasteiger partial charge in [0, 0.05) is 26.7 Å². The highest BCUT2D eigenvalue weighted by molar-refractivity contribution is 5.95. The number of guanidine groups is 2. The Morgan fingerprint density at radius 1 is 1.02 bits per heavy atom. The maximum absolute atomic E-state index is 13.8. The predicted molar refractivity (Wildman–Crippen MR) is 166 cm³/mol. The second-order valence-electron chi connectivity index (χ2n) is 11.3. The molecule has 1 saturated heterocycles. The van der Waals surface area contributed by atoms with Crippen LogP contribution in [0.25, 0.3) is 0 Å². The fourth-order valence-corrected chi connectivity index (χ4v) is 4.88. The van der Waals surface area contributed by atoms with Crippen molar-refractivity contribution in [2.75, 3.05) is 33.3 Å². The number of carbonyl (C=O) groups excluding carboxylic acids is 5. The number of nitrogens with zero attached hydrogens (tertiary/aromatic N) is 4. The van der Waals surface area contributed by atoms with Gasteiger partial charge in [-0.15, -0.1) is 0 Å². The summed E-state index contributed by atoms with van der Waals surface area (Å²) in [7, 11) is 1.44. The van der Waals surface area contributed by atoms with Gasteiger partial charge in [0.2, 0.25) is 23.6 Å². The van der Waals surface area contributed by atoms with Crippen molar-refractivity contribution in [3.63, 3.8) is 0 Å². The van der Waals surface area contributed by atoms with E-state index in [1.54, 1.807) is 0 Å². The van der Waals surface area contributed by atoms with E-state index in [2.05, 4.69) is 20.6 Å². The van der Waals surface area contributed by atoms with Crippen molar-refractivity contribution in [2.45, 2.75) is 89.0 Å². The van der Waals surface area contributed by atoms with Gasteiger partial charge in [-0.05, 0) is 50.9 Å². The van der Waals surface area contributed by atoms with Crippen molar-refractivity contribution in [2.24, 2.45) is 44.6 Å². The second kappa shape index (κ2) is 19.3. The summed E-state index contributed by atoms with van der Waals surface area (Å²) in [5.41, 5.74) is 27.6. The van der Waals surface area contributed by atoms with Gasteiger partial charge in [-0.25, -0.2) is 0 Å². The fourth-order valence-electron chi connectivity index (χ4n) is 4.88. The van der Waals surface area contributed by atoms with Crippen molar-refractivity contribution in [1.82, 2.24) is 20.4 Å². The standard InChI is InChI=1S/C27H51N11O6/c1-16(2)13-21(23(42)35-17(14-39)15-40)37(3)25(44)19(8-5-11-34-27(31)32)36-22(41)20-9-6-12-38(20)24(43)18(28)7-4-10-33-26(29)30/h14,16-21,40H,4-13,15,28H2,1-3H3,(H,35,42)(H,36,41)(H4,29,30,33)(H4,31,32,34)/t17-,18+,19+,20+,21+/m1/s1. The molecule has 1 fully saturated rings. The van der Waals surface area contributed by atoms with Gasteiger partial charge in [-0.3, -0.25) is 29.2 Å². The summed E-state index contributed by atoms with van der Waals surface area (Å²) in [4.78, 5) is 75.2. The van der Waals surface area contributed by atoms with E-state index in [0.29, 0.717) is 51.5 Å². The Morgan fingerprint density at radius 3 is 2.14 bits per heavy atom. The quantitative estimate of drug-likeness (QED) is 0.0301. The van der Waals surface area contributed by atoms with Crippen molar-refractivity contribution in [3.8, 4) is 0 Å². The highest BCUT2D eigenvalue weighted by Crippen LogP contribution is 2.20. The van der Waals surface area contributed by atoms with Crippen molar-refractivity contribution in [1.29, 1.82) is 0 Å². The van der Waals surface area contributed by atoms with E-state index in [9.17, 15) is 29.1 Å². The molecule has 44 heavy (non-hydrogen) atoms. The van der Waals surface area contributed by atoms with Gasteiger partial charge in [0.05, 0.1) is 12.6 Å². The largest absolute Gasteiger partial charge is 0.394 e. The van der Waals surface area contributed by atoms with Gasteiger partial charge < -0.3 is 59.0 Å². The van der Waals surface area contributed by atoms with E-state index < -0.39 is 54.5 Å². The Kier molecular flexibility index (Phi) is 16.7. The fraction of sp³-hybridized carbons (Fsp3) is 0.741. The molecule has 0 aromatic heterocycles. The summed E-state index contributed by atoms with van der Waals surface area (Å²) in [6.45, 7) is 3.99. The zero-order valence-electron chi connectivity index (χ0n) is 26.0. The molecule has 17 nitrogen and oxygen atoms in total. The minimum Gasteiger partial charge on any atom is -0.394 e. The van der Waals surface area contributed by atoms with Gasteiger partial charge in [0.15, 0.2) is 11.9 Å². The first kappa shape index (κ1) is 38.0. The lowest BCUT2D eigenvalue weighted by molar-refractivity contribution is -0.144. The lowest BCUT2D eigenvalue weighted by Gasteiger charge is -2.33. The summed E-state index contributed by atoms with van der Waals surface area (Å²) in [5.74, 6) is -2.27. The molecule has 0 radical (unpaired) electrons. The van der Waals surface area contributed by atoms with Gasteiger partial charge in [0.25, 0.3) is 0 Å². The Balaban J connectivity index is 3.13. The number of likely N-dealkylation sites (N-methyl/N-ethyl adjacent to an activating group) is 1. The SMILES string of the molecule is CC(C)C[C@@H](C(=O)N[C@H](C=O)CO)N(C)C(=O)[C@H](CCCN=C(N)N)NC(=O)[C@@H]1CCCN1C(=O)[C@@H](N)CCCN=C(N)N. The van der Waals surface area contributed by atoms with Crippen LogP contribution in [0.1, 0.15) is 58.8 Å². The smallest absolute Gasteiger partial charge is 0.245 e. The lowest BCUT2D eigenvalue weighted by atomic mass is 10.00. The first-order valence-electron chi connectivity index (χ1n) is 14.8. The Labute approximate surface area is 258 Å². The van der Waals surface area contributed by atoms with E-state index in [1.165, 1.54) is 16.8 Å². The van der Waals surface area contributed by atoms with Crippen LogP contribution >= 0.6 is 0 Å². The van der Waals surface area contributed by atoms with Gasteiger partial charge in [0.1, 0.15) is 30.5 Å². The third kappa shape index (κ3) is 12.7. The average molecular weight is 626 g/mol. The molecule has 0 aromatic carbocycles. The zero-order chi connectivity index (χ0) is 33.4. The molecule has 1 aliphatic rings. The molecule has 250 valence electrons. The molecule has 0 saturated carbocycles. The first-order valence-corrected chi connectivity index (χ1v) is 14.8. The maximum Gasteiger partial charge on any atom is 0.245 e. The number of hydrogen-bond donors (Lipinski definition) is 8. The molecule has 4 amide bonds. The van der Waals surface area contributed by atoms with E-state index in [1.807, 2.05) is 13.8 Å². The number of hydrogen-bond acceptors (Lipinski definition) is 9. The minimum absolute atomic E-state index is 0.0125. The molecule has 5 atom stereocenters. The van der Waals surface area contributed by atoms with Crippen LogP contribution in [0.5, 0.6) is 0 Å². The summed E-state index contributed by atoms with van der Waals surface area (Å²) < 4.78 is 0. The first-order chi connectivity index (χ1) is 20.7. The summed E-state index contributed by atoms with van der Waals surface area (Å²) in [5, 5.41) is 14.6. The van der Waals surface area contributed by atoms with Gasteiger partial charge >= 0.3 is 0 Å². The predicted octanol–water partition coefficient (Wildman–Crippen LogP) is -3.55. The van der Waals surface area contributed by atoms with Crippen molar-refractivity contribution >= 4 is 41.8 Å². The molecule has 17 heteroatoms. The number of nitrogens with one attached hydrogen (secondary N) is 2. The molecular formula is C27H51N11O6. The van der Waals surface area contributed by atoms with Crippen LogP contribution in [-0.2, 0) is 24.0 Å². The van der Waals surface area contributed by atoms with Gasteiger partial charge in [-0.1, -0.05) is 13.8 Å². The molecule has 0 aromatic rings. The van der Waals surface area contributed by atoms with Gasteiger partial charge in [-0.2, -0.15) is 0 Å². The van der Waals surface area contributed by atoms with Crippen LogP contribution in [0.4, 0.5) is 0 Å².